The number of Topliss-reactive ketones (excluding diaryl/α,β-unsaturated/α-hetero) is 1. The van der Waals surface area contributed by atoms with E-state index in [1.807, 2.05) is 70.2 Å². The second-order valence-corrected chi connectivity index (χ2v) is 10.5. The van der Waals surface area contributed by atoms with Gasteiger partial charge in [-0.1, -0.05) is 64.1 Å². The summed E-state index contributed by atoms with van der Waals surface area (Å²) < 4.78 is 28.0. The number of hydrogen-bond acceptors (Lipinski definition) is 9. The number of carbonyl (C=O) groups excluding carboxylic acids is 3. The van der Waals surface area contributed by atoms with Crippen molar-refractivity contribution >= 4 is 28.5 Å². The van der Waals surface area contributed by atoms with Gasteiger partial charge in [-0.2, -0.15) is 0 Å². The lowest BCUT2D eigenvalue weighted by Gasteiger charge is -2.30. The lowest BCUT2D eigenvalue weighted by molar-refractivity contribution is -0.160. The highest BCUT2D eigenvalue weighted by Gasteiger charge is 2.33. The summed E-state index contributed by atoms with van der Waals surface area (Å²) >= 11 is 0. The third-order valence-electron chi connectivity index (χ3n) is 6.77. The van der Waals surface area contributed by atoms with Crippen LogP contribution in [0.15, 0.2) is 54.7 Å². The first-order valence-corrected chi connectivity index (χ1v) is 13.7. The number of nitrogens with zero attached hydrogens (tertiary/aromatic N) is 1. The molecule has 0 aliphatic heterocycles. The van der Waals surface area contributed by atoms with Gasteiger partial charge in [-0.25, -0.2) is 4.98 Å². The number of ketones is 1. The van der Waals surface area contributed by atoms with E-state index in [1.54, 1.807) is 6.92 Å². The monoisotopic (exact) mass is 565 g/mol. The number of methoxy groups -OCH3 is 1. The van der Waals surface area contributed by atoms with Crippen LogP contribution in [0.2, 0.25) is 0 Å². The molecule has 0 N–H and O–H groups in total. The van der Waals surface area contributed by atoms with Crippen LogP contribution in [0.25, 0.3) is 10.8 Å². The average molecular weight is 566 g/mol. The van der Waals surface area contributed by atoms with Crippen LogP contribution in [-0.2, 0) is 19.1 Å². The molecule has 0 bridgehead atoms. The quantitative estimate of drug-likeness (QED) is 0.132. The van der Waals surface area contributed by atoms with Crippen molar-refractivity contribution < 1.29 is 38.1 Å². The van der Waals surface area contributed by atoms with E-state index >= 15 is 0 Å². The zero-order chi connectivity index (χ0) is 30.1. The molecule has 0 saturated carbocycles. The standard InChI is InChI=1S/C32H39NO8/c1-19(2)25(17-26(35)29-31(39-18-38-22(6)34)28(37-7)15-16-33-29)32(36)40-21(5)30(20(3)4)41-27-14-10-12-23-11-8-9-13-24(23)27/h8-16,19-21,25,30H,17-18H2,1-7H3/t21-,25-,30+/m0/s1. The molecule has 0 fully saturated rings. The molecular formula is C32H39NO8. The Balaban J connectivity index is 1.77. The molecule has 1 heterocycles. The number of esters is 2. The normalized spacial score (nSPS) is 13.4. The molecule has 1 aromatic heterocycles. The van der Waals surface area contributed by atoms with E-state index in [0.29, 0.717) is 5.75 Å². The predicted octanol–water partition coefficient (Wildman–Crippen LogP) is 6.02. The fourth-order valence-corrected chi connectivity index (χ4v) is 4.55. The maximum Gasteiger partial charge on any atom is 0.310 e. The Labute approximate surface area is 241 Å². The summed E-state index contributed by atoms with van der Waals surface area (Å²) in [5.41, 5.74) is -0.0256. The van der Waals surface area contributed by atoms with Gasteiger partial charge in [0.2, 0.25) is 6.79 Å². The van der Waals surface area contributed by atoms with E-state index < -0.39 is 42.6 Å². The minimum atomic E-state index is -0.746. The zero-order valence-electron chi connectivity index (χ0n) is 24.7. The molecule has 9 heteroatoms. The van der Waals surface area contributed by atoms with Crippen molar-refractivity contribution in [2.45, 2.75) is 60.2 Å². The summed E-state index contributed by atoms with van der Waals surface area (Å²) in [6.07, 6.45) is 0.238. The maximum absolute atomic E-state index is 13.4. The second kappa shape index (κ2) is 14.5. The fourth-order valence-electron chi connectivity index (χ4n) is 4.55. The van der Waals surface area contributed by atoms with Crippen molar-refractivity contribution in [1.29, 1.82) is 0 Å². The largest absolute Gasteiger partial charge is 0.493 e. The van der Waals surface area contributed by atoms with Crippen molar-refractivity contribution in [2.24, 2.45) is 17.8 Å². The molecule has 0 radical (unpaired) electrons. The number of benzene rings is 2. The molecule has 0 amide bonds. The summed E-state index contributed by atoms with van der Waals surface area (Å²) in [7, 11) is 1.42. The Bertz CT molecular complexity index is 1350. The molecule has 3 aromatic rings. The molecule has 0 unspecified atom stereocenters. The molecule has 0 spiro atoms. The van der Waals surface area contributed by atoms with Gasteiger partial charge in [0.15, 0.2) is 23.0 Å². The van der Waals surface area contributed by atoms with Gasteiger partial charge in [0.05, 0.1) is 13.0 Å². The Morgan fingerprint density at radius 1 is 0.878 bits per heavy atom. The molecule has 9 nitrogen and oxygen atoms in total. The molecule has 41 heavy (non-hydrogen) atoms. The Morgan fingerprint density at radius 2 is 1.59 bits per heavy atom. The van der Waals surface area contributed by atoms with Gasteiger partial charge in [0.1, 0.15) is 18.0 Å². The minimum Gasteiger partial charge on any atom is -0.493 e. The number of hydrogen-bond donors (Lipinski definition) is 0. The average Bonchev–Trinajstić information content (AvgIpc) is 2.93. The van der Waals surface area contributed by atoms with Crippen molar-refractivity contribution in [3.05, 3.63) is 60.4 Å². The summed E-state index contributed by atoms with van der Waals surface area (Å²) in [5, 5.41) is 2.03. The highest BCUT2D eigenvalue weighted by molar-refractivity contribution is 5.99. The minimum absolute atomic E-state index is 0.0256. The third kappa shape index (κ3) is 8.19. The number of fused-ring (bicyclic) bond motifs is 1. The maximum atomic E-state index is 13.4. The smallest absolute Gasteiger partial charge is 0.310 e. The first-order chi connectivity index (χ1) is 19.5. The van der Waals surface area contributed by atoms with E-state index in [-0.39, 0.29) is 35.4 Å². The number of aromatic nitrogens is 1. The number of rotatable bonds is 14. The second-order valence-electron chi connectivity index (χ2n) is 10.5. The number of carbonyl (C=O) groups is 3. The Kier molecular flexibility index (Phi) is 11.1. The SMILES string of the molecule is COc1ccnc(C(=O)C[C@H](C(=O)O[C@@H](C)[C@H](Oc2cccc3ccccc23)C(C)C)C(C)C)c1OCOC(C)=O. The van der Waals surface area contributed by atoms with E-state index in [4.69, 9.17) is 23.7 Å². The molecule has 2 aromatic carbocycles. The molecule has 3 rings (SSSR count). The number of pyridine rings is 1. The lowest BCUT2D eigenvalue weighted by atomic mass is 9.89. The van der Waals surface area contributed by atoms with Crippen LogP contribution in [-0.4, -0.2) is 48.8 Å². The van der Waals surface area contributed by atoms with Crippen LogP contribution in [0.5, 0.6) is 17.2 Å². The third-order valence-corrected chi connectivity index (χ3v) is 6.77. The van der Waals surface area contributed by atoms with E-state index in [9.17, 15) is 14.4 Å². The van der Waals surface area contributed by atoms with Crippen molar-refractivity contribution in [2.75, 3.05) is 13.9 Å². The summed E-state index contributed by atoms with van der Waals surface area (Å²) in [4.78, 5) is 42.2. The van der Waals surface area contributed by atoms with Crippen LogP contribution in [0, 0.1) is 17.8 Å². The molecule has 0 aliphatic carbocycles. The lowest BCUT2D eigenvalue weighted by Crippen LogP contribution is -2.40. The van der Waals surface area contributed by atoms with Crippen molar-refractivity contribution in [1.82, 2.24) is 4.98 Å². The summed E-state index contributed by atoms with van der Waals surface area (Å²) in [5.74, 6) is -1.39. The van der Waals surface area contributed by atoms with Crippen LogP contribution in [0.4, 0.5) is 0 Å². The van der Waals surface area contributed by atoms with Crippen LogP contribution < -0.4 is 14.2 Å². The van der Waals surface area contributed by atoms with Crippen molar-refractivity contribution in [3.63, 3.8) is 0 Å². The van der Waals surface area contributed by atoms with Gasteiger partial charge in [-0.05, 0) is 30.2 Å². The van der Waals surface area contributed by atoms with Gasteiger partial charge < -0.3 is 23.7 Å². The highest BCUT2D eigenvalue weighted by atomic mass is 16.7. The molecule has 3 atom stereocenters. The first kappa shape index (κ1) is 31.4. The molecule has 220 valence electrons. The molecule has 0 aliphatic rings. The Morgan fingerprint density at radius 3 is 2.24 bits per heavy atom. The highest BCUT2D eigenvalue weighted by Crippen LogP contribution is 2.33. The molecular weight excluding hydrogens is 526 g/mol. The van der Waals surface area contributed by atoms with Gasteiger partial charge in [0.25, 0.3) is 0 Å². The molecule has 0 saturated heterocycles. The van der Waals surface area contributed by atoms with Gasteiger partial charge >= 0.3 is 11.9 Å². The topological polar surface area (TPSA) is 110 Å². The first-order valence-electron chi connectivity index (χ1n) is 13.7. The van der Waals surface area contributed by atoms with Gasteiger partial charge in [0, 0.05) is 31.0 Å². The zero-order valence-corrected chi connectivity index (χ0v) is 24.7. The summed E-state index contributed by atoms with van der Waals surface area (Å²) in [6.45, 7) is 10.4. The fraction of sp³-hybridized carbons (Fsp3) is 0.438. The van der Waals surface area contributed by atoms with Gasteiger partial charge in [-0.15, -0.1) is 0 Å². The van der Waals surface area contributed by atoms with Gasteiger partial charge in [-0.3, -0.25) is 14.4 Å². The van der Waals surface area contributed by atoms with Crippen molar-refractivity contribution in [3.8, 4) is 17.2 Å². The Hall–Kier alpha value is -4.14. The van der Waals surface area contributed by atoms with Crippen LogP contribution in [0.3, 0.4) is 0 Å². The summed E-state index contributed by atoms with van der Waals surface area (Å²) in [6, 6.07) is 15.3. The number of ether oxygens (including phenoxy) is 5. The van der Waals surface area contributed by atoms with Crippen LogP contribution in [0.1, 0.15) is 58.5 Å². The van der Waals surface area contributed by atoms with E-state index in [2.05, 4.69) is 4.98 Å². The van der Waals surface area contributed by atoms with E-state index in [1.165, 1.54) is 26.3 Å². The predicted molar refractivity (Wildman–Crippen MR) is 154 cm³/mol. The van der Waals surface area contributed by atoms with Crippen LogP contribution >= 0.6 is 0 Å². The van der Waals surface area contributed by atoms with E-state index in [0.717, 1.165) is 10.8 Å².